The van der Waals surface area contributed by atoms with Crippen molar-refractivity contribution in [1.82, 2.24) is 0 Å². The maximum absolute atomic E-state index is 9.33. The second-order valence-electron chi connectivity index (χ2n) is 2.20. The van der Waals surface area contributed by atoms with Crippen LogP contribution in [0.2, 0.25) is 0 Å². The van der Waals surface area contributed by atoms with Crippen LogP contribution in [0.4, 0.5) is 0 Å². The van der Waals surface area contributed by atoms with Gasteiger partial charge >= 0.3 is 18.6 Å². The normalized spacial score (nSPS) is 6.78. The second-order valence-corrected chi connectivity index (χ2v) is 2.20. The van der Waals surface area contributed by atoms with Crippen molar-refractivity contribution in [2.45, 2.75) is 27.7 Å². The van der Waals surface area contributed by atoms with Crippen LogP contribution in [0.3, 0.4) is 0 Å². The molecule has 0 saturated heterocycles. The van der Waals surface area contributed by atoms with E-state index in [1.54, 1.807) is 0 Å². The van der Waals surface area contributed by atoms with Crippen LogP contribution in [-0.2, 0) is 23.4 Å². The van der Waals surface area contributed by atoms with Gasteiger partial charge in [0, 0.05) is 0 Å². The van der Waals surface area contributed by atoms with Crippen molar-refractivity contribution in [3.8, 4) is 0 Å². The van der Waals surface area contributed by atoms with Crippen LogP contribution in [0, 0.1) is 12.8 Å². The summed E-state index contributed by atoms with van der Waals surface area (Å²) < 4.78 is 0. The zero-order chi connectivity index (χ0) is 7.15. The van der Waals surface area contributed by atoms with Gasteiger partial charge in [0.05, 0.1) is 0 Å². The minimum Gasteiger partial charge on any atom is -0.340 e. The average Bonchev–Trinajstić information content (AvgIpc) is 1.25. The molecule has 0 aliphatic heterocycles. The fourth-order valence-electron chi connectivity index (χ4n) is 0. The quantitative estimate of drug-likeness (QED) is 0.502. The first-order valence-corrected chi connectivity index (χ1v) is 2.56. The van der Waals surface area contributed by atoms with Gasteiger partial charge in [-0.15, -0.1) is 0 Å². The van der Waals surface area contributed by atoms with Crippen LogP contribution in [0.5, 0.6) is 0 Å². The molecule has 0 fully saturated rings. The maximum atomic E-state index is 9.33. The minimum absolute atomic E-state index is 0. The molecule has 0 aromatic heterocycles. The third-order valence-corrected chi connectivity index (χ3v) is 0. The number of carbonyl (C=O) groups is 1. The third-order valence-electron chi connectivity index (χ3n) is 0. The number of hydrogen-bond donors (Lipinski definition) is 0. The van der Waals surface area contributed by atoms with E-state index in [2.05, 4.69) is 27.7 Å². The van der Waals surface area contributed by atoms with Gasteiger partial charge in [0.15, 0.2) is 0 Å². The first kappa shape index (κ1) is 16.1. The molecule has 1 radical (unpaired) electrons. The summed E-state index contributed by atoms with van der Waals surface area (Å²) in [6.45, 7) is 10.7. The minimum atomic E-state index is -0.0833. The summed E-state index contributed by atoms with van der Waals surface area (Å²) in [5.74, 6) is 1.33. The molecule has 0 unspecified atom stereocenters. The smallest absolute Gasteiger partial charge is 0.340 e. The van der Waals surface area contributed by atoms with Crippen LogP contribution < -0.4 is 0 Å². The van der Waals surface area contributed by atoms with E-state index in [1.807, 2.05) is 0 Å². The molecule has 53 valence electrons. The summed E-state index contributed by atoms with van der Waals surface area (Å²) in [6.07, 6.45) is 0. The molecule has 2 heteroatoms. The van der Waals surface area contributed by atoms with Gasteiger partial charge in [0.2, 0.25) is 0 Å². The fourth-order valence-corrected chi connectivity index (χ4v) is 0. The fraction of sp³-hybridized carbons (Fsp3) is 0.571. The number of carbonyl (C=O) groups excluding carboxylic acids is 1. The first-order valence-electron chi connectivity index (χ1n) is 2.56. The Morgan fingerprint density at radius 3 is 1.33 bits per heavy atom. The Morgan fingerprint density at radius 1 is 1.33 bits per heavy atom. The summed E-state index contributed by atoms with van der Waals surface area (Å²) in [7, 11) is 0. The number of hydrogen-bond acceptors (Lipinski definition) is 1. The second kappa shape index (κ2) is 11.0. The van der Waals surface area contributed by atoms with Crippen LogP contribution in [-0.4, -0.2) is 5.78 Å². The Labute approximate surface area is 70.1 Å². The molecule has 0 amide bonds. The third kappa shape index (κ3) is 19700. The molecule has 0 bridgehead atoms. The van der Waals surface area contributed by atoms with Gasteiger partial charge in [0.25, 0.3) is 0 Å². The Bertz CT molecular complexity index is 53.2. The molecular weight excluding hydrogens is 151 g/mol. The molecule has 0 rings (SSSR count). The zero-order valence-electron chi connectivity index (χ0n) is 6.56. The molecule has 0 saturated carbocycles. The Kier molecular flexibility index (Phi) is 19.6. The Hall–Kier alpha value is 0.124. The number of ketones is 1. The van der Waals surface area contributed by atoms with Crippen molar-refractivity contribution in [1.29, 1.82) is 0 Å². The summed E-state index contributed by atoms with van der Waals surface area (Å²) >= 11 is 0. The molecule has 0 spiro atoms. The molecule has 0 N–H and O–H groups in total. The molecule has 0 aromatic carbocycles. The van der Waals surface area contributed by atoms with E-state index in [1.165, 1.54) is 12.8 Å². The van der Waals surface area contributed by atoms with Crippen LogP contribution in [0.25, 0.3) is 0 Å². The van der Waals surface area contributed by atoms with Crippen molar-refractivity contribution in [3.05, 3.63) is 12.8 Å². The van der Waals surface area contributed by atoms with Crippen LogP contribution in [0.15, 0.2) is 0 Å². The van der Waals surface area contributed by atoms with Gasteiger partial charge in [-0.1, -0.05) is 0 Å². The van der Waals surface area contributed by atoms with E-state index in [0.717, 1.165) is 0 Å². The summed E-state index contributed by atoms with van der Waals surface area (Å²) in [5.41, 5.74) is 0. The van der Waals surface area contributed by atoms with Crippen LogP contribution in [0.1, 0.15) is 27.7 Å². The standard InChI is InChI=1S/C4H9.C3H5O.V/c1-4(2)3;1-3(2)4;/h1-3H3;1H2,2H3;/q2*-1;+2. The van der Waals surface area contributed by atoms with Gasteiger partial charge < -0.3 is 17.6 Å². The number of Topliss-reactive ketones (excluding diaryl/α,β-unsaturated/α-hetero) is 1. The molecule has 1 nitrogen and oxygen atoms in total. The number of rotatable bonds is 0. The van der Waals surface area contributed by atoms with Crippen LogP contribution >= 0.6 is 0 Å². The molecular formula is C7H14OV. The molecule has 0 aliphatic carbocycles. The van der Waals surface area contributed by atoms with E-state index in [9.17, 15) is 4.79 Å². The van der Waals surface area contributed by atoms with E-state index in [4.69, 9.17) is 0 Å². The Morgan fingerprint density at radius 2 is 1.33 bits per heavy atom. The summed E-state index contributed by atoms with van der Waals surface area (Å²) in [5, 5.41) is 0. The monoisotopic (exact) mass is 165 g/mol. The average molecular weight is 165 g/mol. The topological polar surface area (TPSA) is 17.1 Å². The van der Waals surface area contributed by atoms with Gasteiger partial charge in [0.1, 0.15) is 0 Å². The molecule has 9 heavy (non-hydrogen) atoms. The van der Waals surface area contributed by atoms with E-state index in [-0.39, 0.29) is 24.3 Å². The van der Waals surface area contributed by atoms with Crippen molar-refractivity contribution in [2.75, 3.05) is 0 Å². The van der Waals surface area contributed by atoms with E-state index < -0.39 is 0 Å². The summed E-state index contributed by atoms with van der Waals surface area (Å²) in [6, 6.07) is 0. The largest absolute Gasteiger partial charge is 2.00 e. The molecule has 0 aliphatic rings. The van der Waals surface area contributed by atoms with Gasteiger partial charge in [-0.25, -0.2) is 0 Å². The summed E-state index contributed by atoms with van der Waals surface area (Å²) in [4.78, 5) is 9.33. The zero-order valence-corrected chi connectivity index (χ0v) is 7.96. The molecule has 0 heterocycles. The van der Waals surface area contributed by atoms with Crippen molar-refractivity contribution in [2.24, 2.45) is 0 Å². The van der Waals surface area contributed by atoms with E-state index >= 15 is 0 Å². The van der Waals surface area contributed by atoms with Crippen molar-refractivity contribution >= 4 is 5.78 Å². The maximum Gasteiger partial charge on any atom is 2.00 e. The van der Waals surface area contributed by atoms with Crippen molar-refractivity contribution < 1.29 is 23.4 Å². The van der Waals surface area contributed by atoms with Crippen molar-refractivity contribution in [3.63, 3.8) is 0 Å². The van der Waals surface area contributed by atoms with Gasteiger partial charge in [-0.2, -0.15) is 20.8 Å². The first-order chi connectivity index (χ1) is 3.46. The predicted octanol–water partition coefficient (Wildman–Crippen LogP) is 2.03. The van der Waals surface area contributed by atoms with E-state index in [0.29, 0.717) is 0 Å². The van der Waals surface area contributed by atoms with Gasteiger partial charge in [-0.05, 0) is 12.7 Å². The predicted molar refractivity (Wildman–Crippen MR) is 36.3 cm³/mol. The molecule has 0 atom stereocenters. The van der Waals surface area contributed by atoms with Gasteiger partial charge in [-0.3, -0.25) is 0 Å². The SMILES string of the molecule is C[C-](C)C.[CH2-]C(C)=O.[V+2]. The Balaban J connectivity index is -0.0000000720. The molecule has 0 aromatic rings.